The van der Waals surface area contributed by atoms with Gasteiger partial charge in [-0.3, -0.25) is 0 Å². The quantitative estimate of drug-likeness (QED) is 0.745. The van der Waals surface area contributed by atoms with Crippen molar-refractivity contribution in [1.82, 2.24) is 20.0 Å². The van der Waals surface area contributed by atoms with Crippen molar-refractivity contribution in [3.05, 3.63) is 47.2 Å². The van der Waals surface area contributed by atoms with Crippen LogP contribution >= 0.6 is 11.3 Å². The number of para-hydroxylation sites is 2. The topological polar surface area (TPSA) is 88.1 Å². The Morgan fingerprint density at radius 1 is 1.27 bits per heavy atom. The zero-order chi connectivity index (χ0) is 15.4. The third-order valence-electron chi connectivity index (χ3n) is 3.07. The highest BCUT2D eigenvalue weighted by Crippen LogP contribution is 2.27. The first-order chi connectivity index (χ1) is 10.8. The minimum Gasteiger partial charge on any atom is -0.493 e. The molecule has 0 aliphatic heterocycles. The first kappa shape index (κ1) is 14.5. The van der Waals surface area contributed by atoms with E-state index in [1.807, 2.05) is 29.6 Å². The van der Waals surface area contributed by atoms with Crippen molar-refractivity contribution in [2.45, 2.75) is 13.2 Å². The molecule has 22 heavy (non-hydrogen) atoms. The highest BCUT2D eigenvalue weighted by molar-refractivity contribution is 7.12. The van der Waals surface area contributed by atoms with Crippen LogP contribution in [0.5, 0.6) is 11.5 Å². The van der Waals surface area contributed by atoms with Crippen molar-refractivity contribution >= 4 is 11.3 Å². The van der Waals surface area contributed by atoms with Crippen LogP contribution in [-0.2, 0) is 13.2 Å². The molecule has 0 saturated carbocycles. The maximum atomic E-state index is 5.85. The standard InChI is InChI=1S/C14H15N5O2S/c1-20-12-4-2-3-5-13(12)21-9-11-10(8-15)17-18-19(11)14-16-6-7-22-14/h2-7H,8-9,15H2,1H3. The van der Waals surface area contributed by atoms with Crippen LogP contribution in [0.25, 0.3) is 5.13 Å². The van der Waals surface area contributed by atoms with E-state index in [1.54, 1.807) is 18.0 Å². The summed E-state index contributed by atoms with van der Waals surface area (Å²) in [4.78, 5) is 4.24. The number of hydrogen-bond donors (Lipinski definition) is 1. The van der Waals surface area contributed by atoms with Crippen LogP contribution in [0.3, 0.4) is 0 Å². The molecule has 8 heteroatoms. The van der Waals surface area contributed by atoms with Gasteiger partial charge in [-0.15, -0.1) is 16.4 Å². The number of hydrogen-bond acceptors (Lipinski definition) is 7. The SMILES string of the molecule is COc1ccccc1OCc1c(CN)nnn1-c1nccs1. The van der Waals surface area contributed by atoms with E-state index in [2.05, 4.69) is 15.3 Å². The number of ether oxygens (including phenoxy) is 2. The highest BCUT2D eigenvalue weighted by atomic mass is 32.1. The Kier molecular flexibility index (Phi) is 4.31. The maximum Gasteiger partial charge on any atom is 0.212 e. The van der Waals surface area contributed by atoms with Crippen molar-refractivity contribution in [3.8, 4) is 16.6 Å². The number of nitrogens with zero attached hydrogens (tertiary/aromatic N) is 4. The molecule has 0 aliphatic carbocycles. The van der Waals surface area contributed by atoms with E-state index in [4.69, 9.17) is 15.2 Å². The van der Waals surface area contributed by atoms with E-state index in [9.17, 15) is 0 Å². The lowest BCUT2D eigenvalue weighted by molar-refractivity contribution is 0.277. The second-order valence-corrected chi connectivity index (χ2v) is 5.23. The van der Waals surface area contributed by atoms with Crippen LogP contribution in [-0.4, -0.2) is 27.1 Å². The first-order valence-electron chi connectivity index (χ1n) is 6.62. The molecule has 0 radical (unpaired) electrons. The van der Waals surface area contributed by atoms with Gasteiger partial charge in [0.25, 0.3) is 0 Å². The van der Waals surface area contributed by atoms with Crippen molar-refractivity contribution in [2.24, 2.45) is 5.73 Å². The second-order valence-electron chi connectivity index (χ2n) is 4.35. The molecule has 0 bridgehead atoms. The summed E-state index contributed by atoms with van der Waals surface area (Å²) in [6.07, 6.45) is 1.72. The largest absolute Gasteiger partial charge is 0.493 e. The summed E-state index contributed by atoms with van der Waals surface area (Å²) >= 11 is 1.47. The lowest BCUT2D eigenvalue weighted by Crippen LogP contribution is -2.09. The molecule has 1 aromatic carbocycles. The Morgan fingerprint density at radius 3 is 2.77 bits per heavy atom. The second kappa shape index (κ2) is 6.54. The van der Waals surface area contributed by atoms with E-state index in [0.29, 0.717) is 17.2 Å². The number of nitrogens with two attached hydrogens (primary N) is 1. The first-order valence-corrected chi connectivity index (χ1v) is 7.50. The predicted octanol–water partition coefficient (Wildman–Crippen LogP) is 1.77. The van der Waals surface area contributed by atoms with E-state index < -0.39 is 0 Å². The number of benzene rings is 1. The highest BCUT2D eigenvalue weighted by Gasteiger charge is 2.16. The fourth-order valence-corrected chi connectivity index (χ4v) is 2.61. The summed E-state index contributed by atoms with van der Waals surface area (Å²) in [7, 11) is 1.61. The fourth-order valence-electron chi connectivity index (χ4n) is 1.99. The number of rotatable bonds is 6. The average Bonchev–Trinajstić information content (AvgIpc) is 3.21. The molecule has 2 N–H and O–H groups in total. The van der Waals surface area contributed by atoms with Gasteiger partial charge in [0.1, 0.15) is 18.0 Å². The minimum absolute atomic E-state index is 0.277. The predicted molar refractivity (Wildman–Crippen MR) is 82.2 cm³/mol. The summed E-state index contributed by atoms with van der Waals surface area (Å²) < 4.78 is 12.8. The lowest BCUT2D eigenvalue weighted by Gasteiger charge is -2.11. The van der Waals surface area contributed by atoms with Crippen molar-refractivity contribution in [2.75, 3.05) is 7.11 Å². The van der Waals surface area contributed by atoms with E-state index in [-0.39, 0.29) is 13.2 Å². The van der Waals surface area contributed by atoms with Gasteiger partial charge in [0.2, 0.25) is 5.13 Å². The Morgan fingerprint density at radius 2 is 2.09 bits per heavy atom. The molecule has 0 atom stereocenters. The van der Waals surface area contributed by atoms with Gasteiger partial charge >= 0.3 is 0 Å². The van der Waals surface area contributed by atoms with Crippen molar-refractivity contribution in [3.63, 3.8) is 0 Å². The van der Waals surface area contributed by atoms with E-state index in [1.165, 1.54) is 11.3 Å². The number of aromatic nitrogens is 4. The zero-order valence-electron chi connectivity index (χ0n) is 12.0. The summed E-state index contributed by atoms with van der Waals surface area (Å²) in [5, 5.41) is 10.8. The van der Waals surface area contributed by atoms with Crippen LogP contribution in [0.15, 0.2) is 35.8 Å². The Balaban J connectivity index is 1.87. The van der Waals surface area contributed by atoms with E-state index in [0.717, 1.165) is 10.8 Å². The van der Waals surface area contributed by atoms with Gasteiger partial charge in [0, 0.05) is 18.1 Å². The summed E-state index contributed by atoms with van der Waals surface area (Å²) in [6.45, 7) is 0.565. The molecule has 114 valence electrons. The van der Waals surface area contributed by atoms with Gasteiger partial charge < -0.3 is 15.2 Å². The average molecular weight is 317 g/mol. The molecule has 0 spiro atoms. The molecule has 0 fully saturated rings. The van der Waals surface area contributed by atoms with Crippen LogP contribution in [0.1, 0.15) is 11.4 Å². The van der Waals surface area contributed by atoms with Crippen molar-refractivity contribution in [1.29, 1.82) is 0 Å². The van der Waals surface area contributed by atoms with Gasteiger partial charge in [-0.25, -0.2) is 4.98 Å². The normalized spacial score (nSPS) is 10.6. The molecule has 3 aromatic rings. The van der Waals surface area contributed by atoms with Gasteiger partial charge in [0.15, 0.2) is 11.5 Å². The summed E-state index contributed by atoms with van der Waals surface area (Å²) in [5.74, 6) is 1.32. The van der Waals surface area contributed by atoms with Gasteiger partial charge in [-0.05, 0) is 12.1 Å². The molecule has 7 nitrogen and oxygen atoms in total. The van der Waals surface area contributed by atoms with E-state index >= 15 is 0 Å². The molecule has 2 heterocycles. The molecule has 0 amide bonds. The third-order valence-corrected chi connectivity index (χ3v) is 3.82. The third kappa shape index (κ3) is 2.78. The Bertz CT molecular complexity index is 742. The molecule has 2 aromatic heterocycles. The van der Waals surface area contributed by atoms with Crippen molar-refractivity contribution < 1.29 is 9.47 Å². The molecule has 0 aliphatic rings. The fraction of sp³-hybridized carbons (Fsp3) is 0.214. The molecule has 3 rings (SSSR count). The van der Waals surface area contributed by atoms with Gasteiger partial charge in [-0.2, -0.15) is 4.68 Å². The molecular weight excluding hydrogens is 302 g/mol. The van der Waals surface area contributed by atoms with Gasteiger partial charge in [-0.1, -0.05) is 17.3 Å². The van der Waals surface area contributed by atoms with Crippen LogP contribution in [0, 0.1) is 0 Å². The number of thiazole rings is 1. The summed E-state index contributed by atoms with van der Waals surface area (Å²) in [6, 6.07) is 7.46. The zero-order valence-corrected chi connectivity index (χ0v) is 12.8. The lowest BCUT2D eigenvalue weighted by atomic mass is 10.3. The minimum atomic E-state index is 0.277. The van der Waals surface area contributed by atoms with Crippen LogP contribution < -0.4 is 15.2 Å². The molecular formula is C14H15N5O2S. The molecule has 0 unspecified atom stereocenters. The van der Waals surface area contributed by atoms with Crippen LogP contribution in [0.2, 0.25) is 0 Å². The summed E-state index contributed by atoms with van der Waals surface area (Å²) in [5.41, 5.74) is 7.20. The number of methoxy groups -OCH3 is 1. The maximum absolute atomic E-state index is 5.85. The van der Waals surface area contributed by atoms with Gasteiger partial charge in [0.05, 0.1) is 7.11 Å². The Labute approximate surface area is 131 Å². The smallest absolute Gasteiger partial charge is 0.212 e. The monoisotopic (exact) mass is 317 g/mol. The van der Waals surface area contributed by atoms with Crippen LogP contribution in [0.4, 0.5) is 0 Å². The Hall–Kier alpha value is -2.45. The molecule has 0 saturated heterocycles.